The van der Waals surface area contributed by atoms with E-state index in [-0.39, 0.29) is 18.3 Å². The lowest BCUT2D eigenvalue weighted by atomic mass is 10.2. The van der Waals surface area contributed by atoms with Gasteiger partial charge in [0.05, 0.1) is 0 Å². The fraction of sp³-hybridized carbons (Fsp3) is 0.167. The molecule has 0 saturated heterocycles. The van der Waals surface area contributed by atoms with Crippen molar-refractivity contribution in [1.82, 2.24) is 9.88 Å². The third-order valence-corrected chi connectivity index (χ3v) is 3.69. The molecule has 0 atom stereocenters. The van der Waals surface area contributed by atoms with Gasteiger partial charge in [0, 0.05) is 36.8 Å². The SMILES string of the molecule is O=C(CCn1ccc2ccccc21)NCc1ccccc1F. The molecule has 22 heavy (non-hydrogen) atoms. The Morgan fingerprint density at radius 3 is 2.68 bits per heavy atom. The average Bonchev–Trinajstić information content (AvgIpc) is 2.95. The van der Waals surface area contributed by atoms with Gasteiger partial charge >= 0.3 is 0 Å². The zero-order chi connectivity index (χ0) is 15.4. The van der Waals surface area contributed by atoms with E-state index in [1.807, 2.05) is 36.5 Å². The van der Waals surface area contributed by atoms with Crippen LogP contribution in [0.1, 0.15) is 12.0 Å². The summed E-state index contributed by atoms with van der Waals surface area (Å²) in [6, 6.07) is 16.6. The lowest BCUT2D eigenvalue weighted by Crippen LogP contribution is -2.24. The predicted molar refractivity (Wildman–Crippen MR) is 84.8 cm³/mol. The number of benzene rings is 2. The molecule has 112 valence electrons. The van der Waals surface area contributed by atoms with Crippen molar-refractivity contribution < 1.29 is 9.18 Å². The molecule has 1 amide bonds. The Morgan fingerprint density at radius 1 is 1.05 bits per heavy atom. The first kappa shape index (κ1) is 14.3. The second kappa shape index (κ2) is 6.43. The lowest BCUT2D eigenvalue weighted by molar-refractivity contribution is -0.121. The minimum absolute atomic E-state index is 0.0824. The van der Waals surface area contributed by atoms with E-state index < -0.39 is 0 Å². The van der Waals surface area contributed by atoms with Crippen molar-refractivity contribution in [3.63, 3.8) is 0 Å². The van der Waals surface area contributed by atoms with E-state index in [4.69, 9.17) is 0 Å². The molecule has 1 aromatic heterocycles. The fourth-order valence-corrected chi connectivity index (χ4v) is 2.48. The Hall–Kier alpha value is -2.62. The number of carbonyl (C=O) groups excluding carboxylic acids is 1. The Balaban J connectivity index is 1.55. The maximum Gasteiger partial charge on any atom is 0.222 e. The number of fused-ring (bicyclic) bond motifs is 1. The van der Waals surface area contributed by atoms with E-state index in [1.165, 1.54) is 6.07 Å². The maximum atomic E-state index is 13.5. The first-order valence-corrected chi connectivity index (χ1v) is 7.28. The van der Waals surface area contributed by atoms with E-state index >= 15 is 0 Å². The molecule has 1 N–H and O–H groups in total. The number of nitrogens with zero attached hydrogens (tertiary/aromatic N) is 1. The van der Waals surface area contributed by atoms with Crippen molar-refractivity contribution in [3.05, 3.63) is 72.2 Å². The number of carbonyl (C=O) groups is 1. The number of amides is 1. The van der Waals surface area contributed by atoms with Gasteiger partial charge in [0.15, 0.2) is 0 Å². The topological polar surface area (TPSA) is 34.0 Å². The summed E-state index contributed by atoms with van der Waals surface area (Å²) >= 11 is 0. The van der Waals surface area contributed by atoms with Gasteiger partial charge in [-0.2, -0.15) is 0 Å². The van der Waals surface area contributed by atoms with Gasteiger partial charge in [0.1, 0.15) is 5.82 Å². The standard InChI is InChI=1S/C18H17FN2O/c19-16-7-3-1-6-15(16)13-20-18(22)10-12-21-11-9-14-5-2-4-8-17(14)21/h1-9,11H,10,12-13H2,(H,20,22). The summed E-state index contributed by atoms with van der Waals surface area (Å²) in [6.07, 6.45) is 2.35. The smallest absolute Gasteiger partial charge is 0.222 e. The molecule has 0 aliphatic carbocycles. The highest BCUT2D eigenvalue weighted by Gasteiger charge is 2.06. The van der Waals surface area contributed by atoms with Crippen molar-refractivity contribution in [3.8, 4) is 0 Å². The number of hydrogen-bond acceptors (Lipinski definition) is 1. The van der Waals surface area contributed by atoms with Gasteiger partial charge in [0.2, 0.25) is 5.91 Å². The molecule has 3 rings (SSSR count). The second-order valence-corrected chi connectivity index (χ2v) is 5.19. The molecule has 3 nitrogen and oxygen atoms in total. The minimum atomic E-state index is -0.292. The van der Waals surface area contributed by atoms with Gasteiger partial charge < -0.3 is 9.88 Å². The average molecular weight is 296 g/mol. The first-order valence-electron chi connectivity index (χ1n) is 7.28. The Bertz CT molecular complexity index is 794. The van der Waals surface area contributed by atoms with Gasteiger partial charge in [-0.15, -0.1) is 0 Å². The monoisotopic (exact) mass is 296 g/mol. The minimum Gasteiger partial charge on any atom is -0.352 e. The van der Waals surface area contributed by atoms with Crippen LogP contribution in [0.5, 0.6) is 0 Å². The molecular weight excluding hydrogens is 279 g/mol. The van der Waals surface area contributed by atoms with Crippen LogP contribution < -0.4 is 5.32 Å². The second-order valence-electron chi connectivity index (χ2n) is 5.19. The molecule has 0 saturated carbocycles. The number of para-hydroxylation sites is 1. The van der Waals surface area contributed by atoms with E-state index in [0.717, 1.165) is 10.9 Å². The zero-order valence-corrected chi connectivity index (χ0v) is 12.1. The molecule has 0 aliphatic rings. The Labute approximate surface area is 128 Å². The quantitative estimate of drug-likeness (QED) is 0.768. The van der Waals surface area contributed by atoms with E-state index in [0.29, 0.717) is 18.5 Å². The summed E-state index contributed by atoms with van der Waals surface area (Å²) in [5.74, 6) is -0.375. The van der Waals surface area contributed by atoms with Crippen LogP contribution in [0, 0.1) is 5.82 Å². The molecule has 0 spiro atoms. The van der Waals surface area contributed by atoms with Gasteiger partial charge in [-0.1, -0.05) is 36.4 Å². The number of aromatic nitrogens is 1. The Morgan fingerprint density at radius 2 is 1.82 bits per heavy atom. The number of rotatable bonds is 5. The number of nitrogens with one attached hydrogen (secondary N) is 1. The van der Waals surface area contributed by atoms with E-state index in [9.17, 15) is 9.18 Å². The normalized spacial score (nSPS) is 10.8. The highest BCUT2D eigenvalue weighted by molar-refractivity contribution is 5.80. The van der Waals surface area contributed by atoms with Crippen LogP contribution in [0.15, 0.2) is 60.8 Å². The summed E-state index contributed by atoms with van der Waals surface area (Å²) < 4.78 is 15.5. The molecule has 0 bridgehead atoms. The Kier molecular flexibility index (Phi) is 4.19. The highest BCUT2D eigenvalue weighted by atomic mass is 19.1. The van der Waals surface area contributed by atoms with Crippen LogP contribution in [-0.4, -0.2) is 10.5 Å². The highest BCUT2D eigenvalue weighted by Crippen LogP contribution is 2.15. The molecule has 0 unspecified atom stereocenters. The van der Waals surface area contributed by atoms with Crippen molar-refractivity contribution in [2.24, 2.45) is 0 Å². The summed E-state index contributed by atoms with van der Waals surface area (Å²) in [4.78, 5) is 11.9. The van der Waals surface area contributed by atoms with Crippen LogP contribution in [0.4, 0.5) is 4.39 Å². The molecular formula is C18H17FN2O. The van der Waals surface area contributed by atoms with E-state index in [1.54, 1.807) is 18.2 Å². The molecule has 1 heterocycles. The maximum absolute atomic E-state index is 13.5. The first-order chi connectivity index (χ1) is 10.7. The van der Waals surface area contributed by atoms with Crippen LogP contribution in [0.3, 0.4) is 0 Å². The number of halogens is 1. The van der Waals surface area contributed by atoms with Gasteiger partial charge in [-0.3, -0.25) is 4.79 Å². The van der Waals surface area contributed by atoms with E-state index in [2.05, 4.69) is 9.88 Å². The number of aryl methyl sites for hydroxylation is 1. The molecule has 3 aromatic rings. The zero-order valence-electron chi connectivity index (χ0n) is 12.1. The third kappa shape index (κ3) is 3.17. The fourth-order valence-electron chi connectivity index (χ4n) is 2.48. The van der Waals surface area contributed by atoms with Gasteiger partial charge in [-0.25, -0.2) is 4.39 Å². The summed E-state index contributed by atoms with van der Waals surface area (Å²) in [5.41, 5.74) is 1.62. The molecule has 0 aliphatic heterocycles. The molecule has 0 radical (unpaired) electrons. The van der Waals surface area contributed by atoms with Crippen molar-refractivity contribution in [1.29, 1.82) is 0 Å². The third-order valence-electron chi connectivity index (χ3n) is 3.69. The van der Waals surface area contributed by atoms with Crippen molar-refractivity contribution in [2.75, 3.05) is 0 Å². The van der Waals surface area contributed by atoms with Crippen LogP contribution >= 0.6 is 0 Å². The summed E-state index contributed by atoms with van der Waals surface area (Å²) in [7, 11) is 0. The largest absolute Gasteiger partial charge is 0.352 e. The van der Waals surface area contributed by atoms with Gasteiger partial charge in [-0.05, 0) is 23.6 Å². The van der Waals surface area contributed by atoms with Crippen molar-refractivity contribution in [2.45, 2.75) is 19.5 Å². The molecule has 4 heteroatoms. The van der Waals surface area contributed by atoms with Crippen molar-refractivity contribution >= 4 is 16.8 Å². The van der Waals surface area contributed by atoms with Crippen LogP contribution in [0.25, 0.3) is 10.9 Å². The molecule has 2 aromatic carbocycles. The lowest BCUT2D eigenvalue weighted by Gasteiger charge is -2.08. The summed E-state index contributed by atoms with van der Waals surface area (Å²) in [5, 5.41) is 3.92. The van der Waals surface area contributed by atoms with Crippen LogP contribution in [0.2, 0.25) is 0 Å². The number of hydrogen-bond donors (Lipinski definition) is 1. The summed E-state index contributed by atoms with van der Waals surface area (Å²) in [6.45, 7) is 0.828. The van der Waals surface area contributed by atoms with Gasteiger partial charge in [0.25, 0.3) is 0 Å². The predicted octanol–water partition coefficient (Wildman–Crippen LogP) is 3.49. The van der Waals surface area contributed by atoms with Crippen LogP contribution in [-0.2, 0) is 17.9 Å². The molecule has 0 fully saturated rings.